The first kappa shape index (κ1) is 15.9. The molecule has 2 aliphatic carbocycles. The minimum absolute atomic E-state index is 0.229. The first-order valence-electron chi connectivity index (χ1n) is 8.12. The van der Waals surface area contributed by atoms with Crippen molar-refractivity contribution in [1.29, 1.82) is 0 Å². The molecule has 2 aliphatic rings. The summed E-state index contributed by atoms with van der Waals surface area (Å²) in [5.74, 6) is 2.59. The predicted octanol–water partition coefficient (Wildman–Crippen LogP) is 5.38. The molecule has 0 amide bonds. The van der Waals surface area contributed by atoms with E-state index >= 15 is 0 Å². The van der Waals surface area contributed by atoms with Crippen LogP contribution in [0.1, 0.15) is 64.2 Å². The molecule has 2 unspecified atom stereocenters. The van der Waals surface area contributed by atoms with Crippen LogP contribution >= 0.6 is 23.2 Å². The fraction of sp³-hybridized carbons (Fsp3) is 1.00. The molecule has 0 aromatic carbocycles. The molecule has 2 fully saturated rings. The second-order valence-electron chi connectivity index (χ2n) is 6.32. The van der Waals surface area contributed by atoms with Crippen LogP contribution in [0.25, 0.3) is 0 Å². The minimum atomic E-state index is 0.229. The van der Waals surface area contributed by atoms with E-state index in [-0.39, 0.29) is 12.2 Å². The van der Waals surface area contributed by atoms with E-state index in [2.05, 4.69) is 0 Å². The van der Waals surface area contributed by atoms with E-state index in [0.717, 1.165) is 0 Å². The quantitative estimate of drug-likeness (QED) is 0.599. The second kappa shape index (κ2) is 8.74. The van der Waals surface area contributed by atoms with Gasteiger partial charge in [0.15, 0.2) is 0 Å². The van der Waals surface area contributed by atoms with E-state index in [0.29, 0.717) is 23.6 Å². The summed E-state index contributed by atoms with van der Waals surface area (Å²) < 4.78 is 6.36. The highest BCUT2D eigenvalue weighted by atomic mass is 35.5. The van der Waals surface area contributed by atoms with Gasteiger partial charge >= 0.3 is 0 Å². The Morgan fingerprint density at radius 3 is 1.37 bits per heavy atom. The second-order valence-corrected chi connectivity index (χ2v) is 6.93. The molecule has 0 heterocycles. The molecule has 19 heavy (non-hydrogen) atoms. The Morgan fingerprint density at radius 2 is 1.05 bits per heavy atom. The van der Waals surface area contributed by atoms with Crippen LogP contribution in [-0.4, -0.2) is 24.0 Å². The maximum Gasteiger partial charge on any atom is 0.0742 e. The molecule has 2 saturated carbocycles. The molecular formula is C16H28Cl2O. The van der Waals surface area contributed by atoms with E-state index < -0.39 is 0 Å². The Bertz CT molecular complexity index is 211. The lowest BCUT2D eigenvalue weighted by Crippen LogP contribution is -2.37. The number of alkyl halides is 2. The Morgan fingerprint density at radius 1 is 0.684 bits per heavy atom. The fourth-order valence-corrected chi connectivity index (χ4v) is 4.43. The van der Waals surface area contributed by atoms with Gasteiger partial charge in [0.05, 0.1) is 12.2 Å². The van der Waals surface area contributed by atoms with Gasteiger partial charge in [-0.05, 0) is 37.5 Å². The average Bonchev–Trinajstić information content (AvgIpc) is 2.50. The lowest BCUT2D eigenvalue weighted by atomic mass is 9.84. The van der Waals surface area contributed by atoms with E-state index in [1.807, 2.05) is 0 Å². The summed E-state index contributed by atoms with van der Waals surface area (Å²) in [6.07, 6.45) is 13.8. The lowest BCUT2D eigenvalue weighted by molar-refractivity contribution is -0.0599. The van der Waals surface area contributed by atoms with Crippen LogP contribution in [0, 0.1) is 11.8 Å². The van der Waals surface area contributed by atoms with E-state index in [1.165, 1.54) is 64.2 Å². The number of halogens is 2. The number of hydrogen-bond donors (Lipinski definition) is 0. The van der Waals surface area contributed by atoms with Crippen molar-refractivity contribution in [1.82, 2.24) is 0 Å². The molecule has 2 rings (SSSR count). The van der Waals surface area contributed by atoms with Gasteiger partial charge < -0.3 is 4.74 Å². The van der Waals surface area contributed by atoms with Crippen LogP contribution in [-0.2, 0) is 4.74 Å². The van der Waals surface area contributed by atoms with E-state index in [1.54, 1.807) is 0 Å². The van der Waals surface area contributed by atoms with Gasteiger partial charge in [-0.2, -0.15) is 0 Å². The molecule has 0 bridgehead atoms. The third-order valence-electron chi connectivity index (χ3n) is 5.00. The zero-order valence-electron chi connectivity index (χ0n) is 12.0. The predicted molar refractivity (Wildman–Crippen MR) is 83.3 cm³/mol. The molecule has 0 aliphatic heterocycles. The molecular weight excluding hydrogens is 279 g/mol. The Kier molecular flexibility index (Phi) is 7.33. The Hall–Kier alpha value is 0.540. The van der Waals surface area contributed by atoms with Crippen LogP contribution in [0.2, 0.25) is 0 Å². The van der Waals surface area contributed by atoms with Gasteiger partial charge in [-0.1, -0.05) is 38.5 Å². The number of ether oxygens (including phenoxy) is 1. The van der Waals surface area contributed by atoms with Crippen LogP contribution in [0.3, 0.4) is 0 Å². The summed E-state index contributed by atoms with van der Waals surface area (Å²) in [5.41, 5.74) is 0. The highest BCUT2D eigenvalue weighted by Gasteiger charge is 2.30. The zero-order chi connectivity index (χ0) is 13.5. The van der Waals surface area contributed by atoms with Gasteiger partial charge in [-0.15, -0.1) is 23.2 Å². The average molecular weight is 307 g/mol. The molecule has 0 saturated heterocycles. The summed E-state index contributed by atoms with van der Waals surface area (Å²) >= 11 is 12.3. The van der Waals surface area contributed by atoms with Crippen molar-refractivity contribution in [2.24, 2.45) is 11.8 Å². The Labute approximate surface area is 128 Å². The molecule has 3 heteroatoms. The SMILES string of the molecule is ClCC(OC(CCl)C1CCCCC1)C1CCCCC1. The first-order chi connectivity index (χ1) is 9.35. The maximum absolute atomic E-state index is 6.36. The van der Waals surface area contributed by atoms with Gasteiger partial charge in [0, 0.05) is 11.8 Å². The van der Waals surface area contributed by atoms with Gasteiger partial charge in [-0.25, -0.2) is 0 Å². The normalized spacial score (nSPS) is 26.2. The molecule has 0 radical (unpaired) electrons. The van der Waals surface area contributed by atoms with Crippen molar-refractivity contribution in [2.45, 2.75) is 76.4 Å². The van der Waals surface area contributed by atoms with Gasteiger partial charge in [-0.3, -0.25) is 0 Å². The van der Waals surface area contributed by atoms with Crippen LogP contribution in [0.15, 0.2) is 0 Å². The zero-order valence-corrected chi connectivity index (χ0v) is 13.5. The monoisotopic (exact) mass is 306 g/mol. The van der Waals surface area contributed by atoms with E-state index in [9.17, 15) is 0 Å². The molecule has 1 nitrogen and oxygen atoms in total. The minimum Gasteiger partial charge on any atom is -0.372 e. The van der Waals surface area contributed by atoms with Crippen molar-refractivity contribution in [3.63, 3.8) is 0 Å². The Balaban J connectivity index is 1.86. The standard InChI is InChI=1S/C16H28Cl2O/c17-11-15(13-7-3-1-4-8-13)19-16(12-18)14-9-5-2-6-10-14/h13-16H,1-12H2. The molecule has 0 aromatic rings. The molecule has 0 spiro atoms. The molecule has 112 valence electrons. The van der Waals surface area contributed by atoms with Crippen molar-refractivity contribution in [2.75, 3.05) is 11.8 Å². The van der Waals surface area contributed by atoms with Crippen molar-refractivity contribution in [3.05, 3.63) is 0 Å². The molecule has 2 atom stereocenters. The van der Waals surface area contributed by atoms with Crippen molar-refractivity contribution < 1.29 is 4.74 Å². The summed E-state index contributed by atoms with van der Waals surface area (Å²) in [7, 11) is 0. The summed E-state index contributed by atoms with van der Waals surface area (Å²) in [6, 6.07) is 0. The van der Waals surface area contributed by atoms with Gasteiger partial charge in [0.25, 0.3) is 0 Å². The third kappa shape index (κ3) is 4.79. The summed E-state index contributed by atoms with van der Waals surface area (Å²) in [5, 5.41) is 0. The van der Waals surface area contributed by atoms with Crippen molar-refractivity contribution in [3.8, 4) is 0 Å². The van der Waals surface area contributed by atoms with Crippen LogP contribution in [0.5, 0.6) is 0 Å². The first-order valence-corrected chi connectivity index (χ1v) is 9.19. The summed E-state index contributed by atoms with van der Waals surface area (Å²) in [4.78, 5) is 0. The molecule has 0 aromatic heterocycles. The lowest BCUT2D eigenvalue weighted by Gasteiger charge is -2.35. The topological polar surface area (TPSA) is 9.23 Å². The third-order valence-corrected chi connectivity index (χ3v) is 5.61. The van der Waals surface area contributed by atoms with Gasteiger partial charge in [0.1, 0.15) is 0 Å². The van der Waals surface area contributed by atoms with Crippen molar-refractivity contribution >= 4 is 23.2 Å². The largest absolute Gasteiger partial charge is 0.372 e. The highest BCUT2D eigenvalue weighted by molar-refractivity contribution is 6.18. The van der Waals surface area contributed by atoms with Gasteiger partial charge in [0.2, 0.25) is 0 Å². The number of hydrogen-bond acceptors (Lipinski definition) is 1. The van der Waals surface area contributed by atoms with Crippen LogP contribution in [0.4, 0.5) is 0 Å². The maximum atomic E-state index is 6.36. The number of rotatable bonds is 6. The summed E-state index contributed by atoms with van der Waals surface area (Å²) in [6.45, 7) is 0. The van der Waals surface area contributed by atoms with E-state index in [4.69, 9.17) is 27.9 Å². The fourth-order valence-electron chi connectivity index (χ4n) is 3.78. The molecule has 0 N–H and O–H groups in total. The smallest absolute Gasteiger partial charge is 0.0742 e. The highest BCUT2D eigenvalue weighted by Crippen LogP contribution is 2.33. The van der Waals surface area contributed by atoms with Crippen LogP contribution < -0.4 is 0 Å².